The molecular formula is C12H21N3OS. The van der Waals surface area contributed by atoms with Gasteiger partial charge in [0.2, 0.25) is 0 Å². The van der Waals surface area contributed by atoms with Gasteiger partial charge < -0.3 is 9.30 Å². The first-order valence-electron chi connectivity index (χ1n) is 6.46. The Labute approximate surface area is 107 Å². The van der Waals surface area contributed by atoms with Crippen molar-refractivity contribution in [1.29, 1.82) is 0 Å². The molecule has 1 atom stereocenters. The number of rotatable bonds is 4. The molecule has 1 aliphatic heterocycles. The van der Waals surface area contributed by atoms with E-state index in [9.17, 15) is 0 Å². The van der Waals surface area contributed by atoms with Gasteiger partial charge in [-0.1, -0.05) is 0 Å². The average Bonchev–Trinajstić information content (AvgIpc) is 2.69. The molecule has 1 aromatic rings. The zero-order chi connectivity index (χ0) is 12.3. The molecule has 0 saturated carbocycles. The standard InChI is InChI=1S/C12H21N3OS/c1-9(2)15-11(13-14-12(15)17)7-6-10-5-3-4-8-16-10/h9-10H,3-8H2,1-2H3,(H,14,17). The summed E-state index contributed by atoms with van der Waals surface area (Å²) in [6.07, 6.45) is 6.09. The second-order valence-corrected chi connectivity index (χ2v) is 5.32. The lowest BCUT2D eigenvalue weighted by Gasteiger charge is -2.22. The number of hydrogen-bond acceptors (Lipinski definition) is 3. The summed E-state index contributed by atoms with van der Waals surface area (Å²) in [6, 6.07) is 0.364. The summed E-state index contributed by atoms with van der Waals surface area (Å²) in [5.41, 5.74) is 0. The molecule has 2 heterocycles. The van der Waals surface area contributed by atoms with Crippen LogP contribution in [0.25, 0.3) is 0 Å². The SMILES string of the molecule is CC(C)n1c(CCC2CCCCO2)n[nH]c1=S. The third-order valence-electron chi connectivity index (χ3n) is 3.26. The van der Waals surface area contributed by atoms with Crippen LogP contribution in [0, 0.1) is 4.77 Å². The van der Waals surface area contributed by atoms with Crippen LogP contribution in [0.3, 0.4) is 0 Å². The first kappa shape index (κ1) is 12.8. The van der Waals surface area contributed by atoms with Crippen LogP contribution in [0.2, 0.25) is 0 Å². The molecule has 0 spiro atoms. The van der Waals surface area contributed by atoms with Crippen molar-refractivity contribution in [3.05, 3.63) is 10.6 Å². The van der Waals surface area contributed by atoms with Crippen LogP contribution in [-0.2, 0) is 11.2 Å². The Balaban J connectivity index is 1.96. The molecule has 0 aliphatic carbocycles. The van der Waals surface area contributed by atoms with Gasteiger partial charge in [0, 0.05) is 19.1 Å². The van der Waals surface area contributed by atoms with E-state index in [2.05, 4.69) is 28.6 Å². The fourth-order valence-electron chi connectivity index (χ4n) is 2.37. The molecule has 1 N–H and O–H groups in total. The van der Waals surface area contributed by atoms with Crippen molar-refractivity contribution in [1.82, 2.24) is 14.8 Å². The predicted molar refractivity (Wildman–Crippen MR) is 69.7 cm³/mol. The van der Waals surface area contributed by atoms with E-state index in [0.29, 0.717) is 12.1 Å². The topological polar surface area (TPSA) is 42.8 Å². The van der Waals surface area contributed by atoms with E-state index in [-0.39, 0.29) is 0 Å². The third kappa shape index (κ3) is 3.16. The molecule has 2 rings (SSSR count). The molecular weight excluding hydrogens is 234 g/mol. The largest absolute Gasteiger partial charge is 0.378 e. The molecule has 0 amide bonds. The Bertz CT molecular complexity index is 404. The van der Waals surface area contributed by atoms with Crippen molar-refractivity contribution in [3.8, 4) is 0 Å². The van der Waals surface area contributed by atoms with E-state index < -0.39 is 0 Å². The summed E-state index contributed by atoms with van der Waals surface area (Å²) in [5.74, 6) is 1.05. The van der Waals surface area contributed by atoms with Gasteiger partial charge in [0.15, 0.2) is 4.77 Å². The number of H-pyrrole nitrogens is 1. The monoisotopic (exact) mass is 255 g/mol. The van der Waals surface area contributed by atoms with Crippen LogP contribution in [0.15, 0.2) is 0 Å². The summed E-state index contributed by atoms with van der Waals surface area (Å²) < 4.78 is 8.55. The zero-order valence-electron chi connectivity index (χ0n) is 10.6. The lowest BCUT2D eigenvalue weighted by molar-refractivity contribution is 0.0110. The van der Waals surface area contributed by atoms with E-state index in [4.69, 9.17) is 17.0 Å². The Morgan fingerprint density at radius 3 is 3.00 bits per heavy atom. The fourth-order valence-corrected chi connectivity index (χ4v) is 2.73. The number of hydrogen-bond donors (Lipinski definition) is 1. The summed E-state index contributed by atoms with van der Waals surface area (Å²) in [5, 5.41) is 7.19. The minimum Gasteiger partial charge on any atom is -0.378 e. The highest BCUT2D eigenvalue weighted by Gasteiger charge is 2.16. The van der Waals surface area contributed by atoms with Gasteiger partial charge >= 0.3 is 0 Å². The second kappa shape index (κ2) is 5.78. The average molecular weight is 255 g/mol. The van der Waals surface area contributed by atoms with Gasteiger partial charge in [-0.15, -0.1) is 0 Å². The number of aromatic amines is 1. The maximum Gasteiger partial charge on any atom is 0.195 e. The van der Waals surface area contributed by atoms with E-state index in [0.717, 1.165) is 30.0 Å². The maximum absolute atomic E-state index is 5.73. The van der Waals surface area contributed by atoms with Crippen molar-refractivity contribution >= 4 is 12.2 Å². The van der Waals surface area contributed by atoms with Crippen molar-refractivity contribution in [3.63, 3.8) is 0 Å². The molecule has 0 aromatic carbocycles. The van der Waals surface area contributed by atoms with Crippen LogP contribution in [-0.4, -0.2) is 27.5 Å². The quantitative estimate of drug-likeness (QED) is 0.841. The molecule has 17 heavy (non-hydrogen) atoms. The van der Waals surface area contributed by atoms with Crippen LogP contribution >= 0.6 is 12.2 Å². The van der Waals surface area contributed by atoms with Gasteiger partial charge in [0.05, 0.1) is 6.10 Å². The van der Waals surface area contributed by atoms with E-state index in [1.165, 1.54) is 19.3 Å². The lowest BCUT2D eigenvalue weighted by Crippen LogP contribution is -2.20. The molecule has 1 aromatic heterocycles. The van der Waals surface area contributed by atoms with Crippen LogP contribution < -0.4 is 0 Å². The number of aryl methyl sites for hydroxylation is 1. The van der Waals surface area contributed by atoms with Crippen LogP contribution in [0.5, 0.6) is 0 Å². The number of nitrogens with one attached hydrogen (secondary N) is 1. The minimum absolute atomic E-state index is 0.364. The summed E-state index contributed by atoms with van der Waals surface area (Å²) in [7, 11) is 0. The first-order chi connectivity index (χ1) is 8.18. The summed E-state index contributed by atoms with van der Waals surface area (Å²) in [6.45, 7) is 5.18. The van der Waals surface area contributed by atoms with E-state index >= 15 is 0 Å². The molecule has 0 radical (unpaired) electrons. The van der Waals surface area contributed by atoms with Crippen LogP contribution in [0.4, 0.5) is 0 Å². The third-order valence-corrected chi connectivity index (χ3v) is 3.55. The Morgan fingerprint density at radius 1 is 1.53 bits per heavy atom. The molecule has 0 bridgehead atoms. The van der Waals surface area contributed by atoms with Gasteiger partial charge in [0.25, 0.3) is 0 Å². The van der Waals surface area contributed by atoms with Crippen molar-refractivity contribution in [2.24, 2.45) is 0 Å². The minimum atomic E-state index is 0.364. The highest BCUT2D eigenvalue weighted by atomic mass is 32.1. The summed E-state index contributed by atoms with van der Waals surface area (Å²) in [4.78, 5) is 0. The first-order valence-corrected chi connectivity index (χ1v) is 6.86. The second-order valence-electron chi connectivity index (χ2n) is 4.94. The molecule has 96 valence electrons. The highest BCUT2D eigenvalue weighted by molar-refractivity contribution is 7.71. The smallest absolute Gasteiger partial charge is 0.195 e. The molecule has 4 nitrogen and oxygen atoms in total. The molecule has 1 unspecified atom stereocenters. The van der Waals surface area contributed by atoms with Gasteiger partial charge in [-0.2, -0.15) is 5.10 Å². The Kier molecular flexibility index (Phi) is 4.34. The van der Waals surface area contributed by atoms with Gasteiger partial charge in [-0.05, 0) is 51.7 Å². The molecule has 1 fully saturated rings. The van der Waals surface area contributed by atoms with Crippen molar-refractivity contribution in [2.75, 3.05) is 6.61 Å². The van der Waals surface area contributed by atoms with Crippen molar-refractivity contribution in [2.45, 2.75) is 58.1 Å². The number of nitrogens with zero attached hydrogens (tertiary/aromatic N) is 2. The summed E-state index contributed by atoms with van der Waals surface area (Å²) >= 11 is 5.23. The Hall–Kier alpha value is -0.680. The van der Waals surface area contributed by atoms with E-state index in [1.54, 1.807) is 0 Å². The Morgan fingerprint density at radius 2 is 2.35 bits per heavy atom. The maximum atomic E-state index is 5.73. The van der Waals surface area contributed by atoms with Crippen LogP contribution in [0.1, 0.15) is 51.4 Å². The predicted octanol–water partition coefficient (Wildman–Crippen LogP) is 3.02. The number of aromatic nitrogens is 3. The normalized spacial score (nSPS) is 21.0. The fraction of sp³-hybridized carbons (Fsp3) is 0.833. The van der Waals surface area contributed by atoms with E-state index in [1.807, 2.05) is 0 Å². The van der Waals surface area contributed by atoms with Gasteiger partial charge in [-0.3, -0.25) is 5.10 Å². The molecule has 5 heteroatoms. The van der Waals surface area contributed by atoms with Crippen molar-refractivity contribution < 1.29 is 4.74 Å². The highest BCUT2D eigenvalue weighted by Crippen LogP contribution is 2.18. The molecule has 1 aliphatic rings. The van der Waals surface area contributed by atoms with Gasteiger partial charge in [-0.25, -0.2) is 0 Å². The number of ether oxygens (including phenoxy) is 1. The lowest BCUT2D eigenvalue weighted by atomic mass is 10.0. The van der Waals surface area contributed by atoms with Gasteiger partial charge in [0.1, 0.15) is 5.82 Å². The zero-order valence-corrected chi connectivity index (χ0v) is 11.4. The molecule has 1 saturated heterocycles.